The Bertz CT molecular complexity index is 1830. The van der Waals surface area contributed by atoms with Gasteiger partial charge in [-0.25, -0.2) is 31.9 Å². The maximum Gasteiger partial charge on any atom is 0.277 e. The van der Waals surface area contributed by atoms with Gasteiger partial charge in [0.2, 0.25) is 15.7 Å². The first kappa shape index (κ1) is 28.3. The van der Waals surface area contributed by atoms with Gasteiger partial charge < -0.3 is 14.6 Å². The van der Waals surface area contributed by atoms with Gasteiger partial charge in [0.15, 0.2) is 11.3 Å². The Labute approximate surface area is 236 Å². The lowest BCUT2D eigenvalue weighted by Gasteiger charge is -2.20. The average Bonchev–Trinajstić information content (AvgIpc) is 3.53. The van der Waals surface area contributed by atoms with Crippen molar-refractivity contribution in [3.05, 3.63) is 75.5 Å². The van der Waals surface area contributed by atoms with Crippen molar-refractivity contribution < 1.29 is 17.5 Å². The van der Waals surface area contributed by atoms with Gasteiger partial charge in [0.25, 0.3) is 5.56 Å². The Hall–Kier alpha value is -4.28. The Morgan fingerprint density at radius 2 is 2.05 bits per heavy atom. The number of ether oxygens (including phenoxy) is 1. The van der Waals surface area contributed by atoms with E-state index in [-0.39, 0.29) is 22.0 Å². The number of aromatic nitrogens is 4. The van der Waals surface area contributed by atoms with Crippen molar-refractivity contribution in [1.29, 1.82) is 0 Å². The number of hydrogen-bond acceptors (Lipinski definition) is 7. The summed E-state index contributed by atoms with van der Waals surface area (Å²) >= 11 is 0. The summed E-state index contributed by atoms with van der Waals surface area (Å²) in [6, 6.07) is 8.38. The van der Waals surface area contributed by atoms with Crippen molar-refractivity contribution in [2.75, 3.05) is 24.6 Å². The van der Waals surface area contributed by atoms with Crippen LogP contribution in [0.4, 0.5) is 15.8 Å². The zero-order chi connectivity index (χ0) is 29.3. The van der Waals surface area contributed by atoms with E-state index in [1.807, 2.05) is 11.8 Å². The standard InChI is InChI=1S/C28H30FN7O4S/c1-5-7-25-31-17(3)26-28(37)32-27(33-36(25)26)21-15-20(9-11-24(21)40-6-2)41(38,39)34-18-12-13-35(16-18)19-8-10-23(30-4)22(29)14-19/h8-11,14-15,18,34H,5-7,12-13,16H2,1-3H3,(H,32,33,37). The highest BCUT2D eigenvalue weighted by Gasteiger charge is 2.29. The first-order valence-electron chi connectivity index (χ1n) is 13.3. The zero-order valence-corrected chi connectivity index (χ0v) is 23.8. The summed E-state index contributed by atoms with van der Waals surface area (Å²) in [5, 5.41) is 4.63. The second kappa shape index (κ2) is 11.3. The average molecular weight is 580 g/mol. The molecule has 1 fully saturated rings. The molecule has 0 radical (unpaired) electrons. The molecule has 13 heteroatoms. The number of imidazole rings is 1. The minimum absolute atomic E-state index is 0.0137. The van der Waals surface area contributed by atoms with Gasteiger partial charge in [0.1, 0.15) is 17.4 Å². The van der Waals surface area contributed by atoms with Crippen molar-refractivity contribution in [2.24, 2.45) is 0 Å². The summed E-state index contributed by atoms with van der Waals surface area (Å²) in [4.78, 5) is 25.3. The molecule has 1 unspecified atom stereocenters. The molecule has 11 nitrogen and oxygen atoms in total. The number of halogens is 1. The van der Waals surface area contributed by atoms with E-state index in [1.54, 1.807) is 26.0 Å². The number of aromatic amines is 1. The molecular weight excluding hydrogens is 549 g/mol. The molecule has 1 saturated heterocycles. The molecule has 4 aromatic rings. The number of benzene rings is 2. The molecule has 2 aromatic heterocycles. The van der Waals surface area contributed by atoms with Crippen molar-refractivity contribution in [2.45, 2.75) is 51.0 Å². The Balaban J connectivity index is 1.45. The first-order valence-corrected chi connectivity index (χ1v) is 14.8. The van der Waals surface area contributed by atoms with Crippen LogP contribution in [0.2, 0.25) is 0 Å². The molecule has 3 heterocycles. The second-order valence-electron chi connectivity index (χ2n) is 9.82. The summed E-state index contributed by atoms with van der Waals surface area (Å²) in [5.74, 6) is 0.570. The summed E-state index contributed by atoms with van der Waals surface area (Å²) in [7, 11) is -3.98. The van der Waals surface area contributed by atoms with Gasteiger partial charge in [-0.1, -0.05) is 13.0 Å². The van der Waals surface area contributed by atoms with Crippen molar-refractivity contribution in [3.63, 3.8) is 0 Å². The van der Waals surface area contributed by atoms with E-state index in [0.29, 0.717) is 66.6 Å². The quantitative estimate of drug-likeness (QED) is 0.287. The van der Waals surface area contributed by atoms with Crippen LogP contribution in [0.15, 0.2) is 46.1 Å². The third-order valence-electron chi connectivity index (χ3n) is 6.96. The van der Waals surface area contributed by atoms with E-state index in [1.165, 1.54) is 28.8 Å². The van der Waals surface area contributed by atoms with Gasteiger partial charge in [-0.3, -0.25) is 4.79 Å². The van der Waals surface area contributed by atoms with Crippen LogP contribution in [0.1, 0.15) is 38.2 Å². The fourth-order valence-corrected chi connectivity index (χ4v) is 6.33. The predicted molar refractivity (Wildman–Crippen MR) is 153 cm³/mol. The van der Waals surface area contributed by atoms with E-state index in [4.69, 9.17) is 11.3 Å². The van der Waals surface area contributed by atoms with Crippen LogP contribution in [-0.4, -0.2) is 53.7 Å². The first-order chi connectivity index (χ1) is 19.6. The lowest BCUT2D eigenvalue weighted by atomic mass is 10.2. The van der Waals surface area contributed by atoms with Crippen molar-refractivity contribution in [3.8, 4) is 17.1 Å². The highest BCUT2D eigenvalue weighted by atomic mass is 32.2. The van der Waals surface area contributed by atoms with Gasteiger partial charge in [0, 0.05) is 31.2 Å². The lowest BCUT2D eigenvalue weighted by Crippen LogP contribution is -2.37. The van der Waals surface area contributed by atoms with Gasteiger partial charge in [-0.15, -0.1) is 5.10 Å². The highest BCUT2D eigenvalue weighted by molar-refractivity contribution is 7.89. The van der Waals surface area contributed by atoms with Crippen LogP contribution < -0.4 is 19.9 Å². The molecule has 1 aliphatic heterocycles. The molecular formula is C28H30FN7O4S. The van der Waals surface area contributed by atoms with Crippen LogP contribution in [0.25, 0.3) is 21.7 Å². The SMILES string of the molecule is [C-]#[N+]c1ccc(N2CCC(NS(=O)(=O)c3ccc(OCC)c(-c4nn5c(CCC)nc(C)c5c(=O)[nH]4)c3)C2)cc1F. The van der Waals surface area contributed by atoms with Crippen molar-refractivity contribution in [1.82, 2.24) is 24.3 Å². The lowest BCUT2D eigenvalue weighted by molar-refractivity contribution is 0.341. The summed E-state index contributed by atoms with van der Waals surface area (Å²) in [6.45, 7) is 13.8. The monoisotopic (exact) mass is 579 g/mol. The Morgan fingerprint density at radius 3 is 2.76 bits per heavy atom. The van der Waals surface area contributed by atoms with Crippen LogP contribution in [0.3, 0.4) is 0 Å². The predicted octanol–water partition coefficient (Wildman–Crippen LogP) is 3.99. The van der Waals surface area contributed by atoms with Gasteiger partial charge in [0.05, 0.1) is 29.3 Å². The largest absolute Gasteiger partial charge is 0.493 e. The minimum Gasteiger partial charge on any atom is -0.493 e. The Morgan fingerprint density at radius 1 is 1.24 bits per heavy atom. The number of aryl methyl sites for hydroxylation is 2. The maximum absolute atomic E-state index is 14.1. The third kappa shape index (κ3) is 5.53. The summed E-state index contributed by atoms with van der Waals surface area (Å²) in [6.07, 6.45) is 1.95. The van der Waals surface area contributed by atoms with E-state index >= 15 is 0 Å². The fraction of sp³-hybridized carbons (Fsp3) is 0.357. The molecule has 0 bridgehead atoms. The minimum atomic E-state index is -3.98. The molecule has 0 amide bonds. The molecule has 1 aliphatic rings. The van der Waals surface area contributed by atoms with Crippen molar-refractivity contribution >= 4 is 26.9 Å². The molecule has 214 valence electrons. The molecule has 5 rings (SSSR count). The molecule has 0 saturated carbocycles. The number of hydrogen-bond donors (Lipinski definition) is 2. The maximum atomic E-state index is 14.1. The fourth-order valence-electron chi connectivity index (χ4n) is 5.05. The number of nitrogens with one attached hydrogen (secondary N) is 2. The zero-order valence-electron chi connectivity index (χ0n) is 22.9. The van der Waals surface area contributed by atoms with Gasteiger partial charge in [-0.2, -0.15) is 0 Å². The van der Waals surface area contributed by atoms with E-state index < -0.39 is 21.9 Å². The number of nitrogens with zero attached hydrogens (tertiary/aromatic N) is 5. The normalized spacial score (nSPS) is 15.4. The van der Waals surface area contributed by atoms with E-state index in [0.717, 1.165) is 6.42 Å². The molecule has 2 N–H and O–H groups in total. The number of fused-ring (bicyclic) bond motifs is 1. The number of sulfonamides is 1. The summed E-state index contributed by atoms with van der Waals surface area (Å²) in [5.41, 5.74) is 1.37. The molecule has 0 spiro atoms. The van der Waals surface area contributed by atoms with Crippen LogP contribution in [0, 0.1) is 19.3 Å². The number of anilines is 1. The second-order valence-corrected chi connectivity index (χ2v) is 11.5. The smallest absolute Gasteiger partial charge is 0.277 e. The molecule has 1 atom stereocenters. The third-order valence-corrected chi connectivity index (χ3v) is 8.48. The van der Waals surface area contributed by atoms with Crippen LogP contribution in [0.5, 0.6) is 5.75 Å². The van der Waals surface area contributed by atoms with Gasteiger partial charge >= 0.3 is 0 Å². The molecule has 2 aromatic carbocycles. The van der Waals surface area contributed by atoms with Crippen LogP contribution in [-0.2, 0) is 16.4 Å². The molecule has 41 heavy (non-hydrogen) atoms. The number of rotatable bonds is 9. The van der Waals surface area contributed by atoms with Crippen LogP contribution >= 0.6 is 0 Å². The van der Waals surface area contributed by atoms with E-state index in [2.05, 4.69) is 24.6 Å². The van der Waals surface area contributed by atoms with Gasteiger partial charge in [-0.05, 0) is 57.0 Å². The Kier molecular flexibility index (Phi) is 7.79. The number of H-pyrrole nitrogens is 1. The summed E-state index contributed by atoms with van der Waals surface area (Å²) < 4.78 is 51.1. The molecule has 0 aliphatic carbocycles. The highest BCUT2D eigenvalue weighted by Crippen LogP contribution is 2.31. The van der Waals surface area contributed by atoms with E-state index in [9.17, 15) is 17.6 Å². The topological polar surface area (TPSA) is 126 Å².